The molecule has 0 bridgehead atoms. The Hall–Kier alpha value is -2.91. The number of hydrogen-bond acceptors (Lipinski definition) is 6. The molecule has 3 rings (SSSR count). The average molecular weight is 440 g/mol. The highest BCUT2D eigenvalue weighted by Gasteiger charge is 2.28. The number of nitrogens with one attached hydrogen (secondary N) is 1. The molecule has 8 nitrogen and oxygen atoms in total. The normalized spacial score (nSPS) is 17.5. The van der Waals surface area contributed by atoms with Crippen molar-refractivity contribution >= 4 is 29.1 Å². The number of ether oxygens (including phenoxy) is 3. The van der Waals surface area contributed by atoms with Gasteiger partial charge >= 0.3 is 0 Å². The van der Waals surface area contributed by atoms with Crippen LogP contribution in [0.3, 0.4) is 0 Å². The molecule has 2 aromatic rings. The van der Waals surface area contributed by atoms with E-state index in [1.807, 2.05) is 6.92 Å². The van der Waals surface area contributed by atoms with Crippen molar-refractivity contribution in [1.29, 1.82) is 0 Å². The first-order valence-corrected chi connectivity index (χ1v) is 9.42. The summed E-state index contributed by atoms with van der Waals surface area (Å²) in [5.74, 6) is -1.28. The minimum absolute atomic E-state index is 0.0102. The molecular weight excluding hydrogens is 417 g/mol. The molecule has 1 aliphatic heterocycles. The number of pyridine rings is 1. The van der Waals surface area contributed by atoms with E-state index in [9.17, 15) is 14.0 Å². The SMILES string of the molecule is CC1CCC(C(=O)Nc2ccnc(C(N)=O)c2)O1.COc1ccc(Cl)c(OC)c1F. The molecule has 0 spiro atoms. The van der Waals surface area contributed by atoms with Gasteiger partial charge < -0.3 is 25.3 Å². The number of nitrogens with zero attached hydrogens (tertiary/aromatic N) is 1. The quantitative estimate of drug-likeness (QED) is 0.739. The second kappa shape index (κ2) is 10.7. The Kier molecular flexibility index (Phi) is 8.37. The molecule has 2 amide bonds. The van der Waals surface area contributed by atoms with Gasteiger partial charge in [0.1, 0.15) is 11.8 Å². The van der Waals surface area contributed by atoms with Crippen LogP contribution < -0.4 is 20.5 Å². The molecule has 2 atom stereocenters. The van der Waals surface area contributed by atoms with Crippen molar-refractivity contribution < 1.29 is 28.2 Å². The largest absolute Gasteiger partial charge is 0.494 e. The van der Waals surface area contributed by atoms with Gasteiger partial charge in [0.05, 0.1) is 25.3 Å². The molecule has 0 saturated carbocycles. The van der Waals surface area contributed by atoms with E-state index in [1.165, 1.54) is 38.6 Å². The number of carbonyl (C=O) groups is 2. The lowest BCUT2D eigenvalue weighted by molar-refractivity contribution is -0.126. The second-order valence-electron chi connectivity index (χ2n) is 6.39. The maximum atomic E-state index is 13.2. The number of hydrogen-bond donors (Lipinski definition) is 2. The number of carbonyl (C=O) groups excluding carboxylic acids is 2. The number of rotatable bonds is 5. The number of nitrogens with two attached hydrogens (primary N) is 1. The highest BCUT2D eigenvalue weighted by Crippen LogP contribution is 2.33. The monoisotopic (exact) mass is 439 g/mol. The Morgan fingerprint density at radius 3 is 2.57 bits per heavy atom. The van der Waals surface area contributed by atoms with E-state index in [2.05, 4.69) is 10.3 Å². The molecular formula is C20H23ClFN3O5. The minimum atomic E-state index is -0.628. The van der Waals surface area contributed by atoms with E-state index in [0.29, 0.717) is 12.1 Å². The van der Waals surface area contributed by atoms with Crippen LogP contribution in [0.25, 0.3) is 0 Å². The van der Waals surface area contributed by atoms with Gasteiger partial charge in [0, 0.05) is 11.9 Å². The Balaban J connectivity index is 0.000000232. The molecule has 0 aliphatic carbocycles. The topological polar surface area (TPSA) is 113 Å². The van der Waals surface area contributed by atoms with Crippen LogP contribution in [-0.4, -0.2) is 43.2 Å². The molecule has 0 radical (unpaired) electrons. The molecule has 3 N–H and O–H groups in total. The van der Waals surface area contributed by atoms with Crippen molar-refractivity contribution in [2.24, 2.45) is 5.73 Å². The lowest BCUT2D eigenvalue weighted by Crippen LogP contribution is -2.28. The third kappa shape index (κ3) is 6.04. The first-order valence-electron chi connectivity index (χ1n) is 9.05. The van der Waals surface area contributed by atoms with Gasteiger partial charge in [-0.15, -0.1) is 0 Å². The number of amides is 2. The number of methoxy groups -OCH3 is 2. The lowest BCUT2D eigenvalue weighted by Gasteiger charge is -2.11. The highest BCUT2D eigenvalue weighted by atomic mass is 35.5. The molecule has 1 aromatic carbocycles. The summed E-state index contributed by atoms with van der Waals surface area (Å²) in [6, 6.07) is 6.00. The van der Waals surface area contributed by atoms with E-state index in [-0.39, 0.29) is 34.2 Å². The smallest absolute Gasteiger partial charge is 0.267 e. The van der Waals surface area contributed by atoms with Crippen molar-refractivity contribution in [2.45, 2.75) is 32.0 Å². The number of primary amides is 1. The minimum Gasteiger partial charge on any atom is -0.494 e. The predicted molar refractivity (Wildman–Crippen MR) is 109 cm³/mol. The van der Waals surface area contributed by atoms with Crippen LogP contribution in [-0.2, 0) is 9.53 Å². The molecule has 1 saturated heterocycles. The summed E-state index contributed by atoms with van der Waals surface area (Å²) in [7, 11) is 2.73. The molecule has 30 heavy (non-hydrogen) atoms. The number of benzene rings is 1. The first-order chi connectivity index (χ1) is 14.3. The summed E-state index contributed by atoms with van der Waals surface area (Å²) in [6.07, 6.45) is 2.69. The zero-order valence-corrected chi connectivity index (χ0v) is 17.5. The highest BCUT2D eigenvalue weighted by molar-refractivity contribution is 6.32. The van der Waals surface area contributed by atoms with Crippen molar-refractivity contribution in [3.8, 4) is 11.5 Å². The lowest BCUT2D eigenvalue weighted by atomic mass is 10.2. The molecule has 1 aliphatic rings. The fourth-order valence-corrected chi connectivity index (χ4v) is 2.94. The summed E-state index contributed by atoms with van der Waals surface area (Å²) < 4.78 is 28.1. The number of anilines is 1. The Morgan fingerprint density at radius 1 is 1.27 bits per heavy atom. The van der Waals surface area contributed by atoms with Gasteiger partial charge in [-0.2, -0.15) is 4.39 Å². The average Bonchev–Trinajstić information content (AvgIpc) is 3.16. The summed E-state index contributed by atoms with van der Waals surface area (Å²) in [6.45, 7) is 1.94. The summed E-state index contributed by atoms with van der Waals surface area (Å²) in [4.78, 5) is 26.6. The maximum Gasteiger partial charge on any atom is 0.267 e. The van der Waals surface area contributed by atoms with Crippen LogP contribution in [0.2, 0.25) is 5.02 Å². The number of halogens is 2. The zero-order valence-electron chi connectivity index (χ0n) is 16.8. The van der Waals surface area contributed by atoms with E-state index < -0.39 is 17.8 Å². The first kappa shape index (κ1) is 23.4. The van der Waals surface area contributed by atoms with Crippen LogP contribution in [0.15, 0.2) is 30.5 Å². The van der Waals surface area contributed by atoms with Crippen molar-refractivity contribution in [3.05, 3.63) is 47.0 Å². The Labute approximate surface area is 178 Å². The molecule has 162 valence electrons. The van der Waals surface area contributed by atoms with Crippen LogP contribution in [0, 0.1) is 5.82 Å². The third-order valence-electron chi connectivity index (χ3n) is 4.24. The standard InChI is InChI=1S/C12H15N3O3.C8H8ClFO2/c1-7-2-3-10(18-7)12(17)15-8-4-5-14-9(6-8)11(13)16;1-11-6-4-3-5(9)8(12-2)7(6)10/h4-7,10H,2-3H2,1H3,(H2,13,16)(H,14,15,17);3-4H,1-2H3. The summed E-state index contributed by atoms with van der Waals surface area (Å²) >= 11 is 5.64. The summed E-state index contributed by atoms with van der Waals surface area (Å²) in [5.41, 5.74) is 5.73. The number of aromatic nitrogens is 1. The third-order valence-corrected chi connectivity index (χ3v) is 4.54. The van der Waals surface area contributed by atoms with E-state index >= 15 is 0 Å². The van der Waals surface area contributed by atoms with E-state index in [4.69, 9.17) is 31.5 Å². The Bertz CT molecular complexity index is 912. The van der Waals surface area contributed by atoms with Crippen molar-refractivity contribution in [1.82, 2.24) is 4.98 Å². The van der Waals surface area contributed by atoms with E-state index in [0.717, 1.165) is 6.42 Å². The van der Waals surface area contributed by atoms with Gasteiger partial charge in [-0.05, 0) is 44.0 Å². The van der Waals surface area contributed by atoms with Crippen LogP contribution in [0.1, 0.15) is 30.3 Å². The molecule has 10 heteroatoms. The van der Waals surface area contributed by atoms with Gasteiger partial charge in [0.25, 0.3) is 11.8 Å². The van der Waals surface area contributed by atoms with Crippen LogP contribution >= 0.6 is 11.6 Å². The Morgan fingerprint density at radius 2 is 2.00 bits per heavy atom. The van der Waals surface area contributed by atoms with E-state index in [1.54, 1.807) is 6.07 Å². The van der Waals surface area contributed by atoms with Gasteiger partial charge in [-0.3, -0.25) is 14.6 Å². The zero-order chi connectivity index (χ0) is 22.3. The molecule has 2 heterocycles. The van der Waals surface area contributed by atoms with Crippen LogP contribution in [0.4, 0.5) is 10.1 Å². The van der Waals surface area contributed by atoms with Gasteiger partial charge in [0.2, 0.25) is 5.82 Å². The van der Waals surface area contributed by atoms with Crippen LogP contribution in [0.5, 0.6) is 11.5 Å². The fourth-order valence-electron chi connectivity index (χ4n) is 2.72. The molecule has 1 aromatic heterocycles. The second-order valence-corrected chi connectivity index (χ2v) is 6.80. The van der Waals surface area contributed by atoms with Crippen molar-refractivity contribution in [3.63, 3.8) is 0 Å². The molecule has 2 unspecified atom stereocenters. The maximum absolute atomic E-state index is 13.2. The van der Waals surface area contributed by atoms with Gasteiger partial charge in [-0.1, -0.05) is 11.6 Å². The fraction of sp³-hybridized carbons (Fsp3) is 0.350. The van der Waals surface area contributed by atoms with Crippen molar-refractivity contribution in [2.75, 3.05) is 19.5 Å². The predicted octanol–water partition coefficient (Wildman–Crippen LogP) is 3.18. The summed E-state index contributed by atoms with van der Waals surface area (Å²) in [5, 5.41) is 2.92. The van der Waals surface area contributed by atoms with Gasteiger partial charge in [-0.25, -0.2) is 0 Å². The van der Waals surface area contributed by atoms with Gasteiger partial charge in [0.15, 0.2) is 11.5 Å². The molecule has 1 fully saturated rings.